The summed E-state index contributed by atoms with van der Waals surface area (Å²) >= 11 is 5.27. The SMILES string of the molecule is O=C(CCl)Cc1ccncc1F. The number of ketones is 1. The van der Waals surface area contributed by atoms with E-state index in [2.05, 4.69) is 4.98 Å². The third-order valence-corrected chi connectivity index (χ3v) is 1.69. The first-order chi connectivity index (χ1) is 5.74. The predicted molar refractivity (Wildman–Crippen MR) is 43.6 cm³/mol. The van der Waals surface area contributed by atoms with Gasteiger partial charge in [-0.25, -0.2) is 4.39 Å². The zero-order valence-corrected chi connectivity index (χ0v) is 7.01. The lowest BCUT2D eigenvalue weighted by Crippen LogP contribution is -2.05. The van der Waals surface area contributed by atoms with Gasteiger partial charge in [0.25, 0.3) is 0 Å². The average molecular weight is 188 g/mol. The number of rotatable bonds is 3. The second kappa shape index (κ2) is 4.16. The Morgan fingerprint density at radius 2 is 2.42 bits per heavy atom. The number of hydrogen-bond donors (Lipinski definition) is 0. The first kappa shape index (κ1) is 9.13. The molecule has 2 nitrogen and oxygen atoms in total. The second-order valence-corrected chi connectivity index (χ2v) is 2.58. The Labute approximate surface area is 74.4 Å². The van der Waals surface area contributed by atoms with Gasteiger partial charge in [0, 0.05) is 12.6 Å². The minimum absolute atomic E-state index is 0.0395. The molecule has 1 rings (SSSR count). The van der Waals surface area contributed by atoms with E-state index >= 15 is 0 Å². The van der Waals surface area contributed by atoms with Gasteiger partial charge in [0.1, 0.15) is 5.82 Å². The molecule has 0 aromatic carbocycles. The molecule has 0 spiro atoms. The van der Waals surface area contributed by atoms with Crippen molar-refractivity contribution in [1.82, 2.24) is 4.98 Å². The van der Waals surface area contributed by atoms with E-state index < -0.39 is 5.82 Å². The van der Waals surface area contributed by atoms with Crippen molar-refractivity contribution in [1.29, 1.82) is 0 Å². The van der Waals surface area contributed by atoms with Gasteiger partial charge >= 0.3 is 0 Å². The highest BCUT2D eigenvalue weighted by Crippen LogP contribution is 2.05. The Balaban J connectivity index is 2.75. The zero-order valence-electron chi connectivity index (χ0n) is 6.26. The van der Waals surface area contributed by atoms with Gasteiger partial charge in [-0.1, -0.05) is 0 Å². The van der Waals surface area contributed by atoms with E-state index in [-0.39, 0.29) is 18.1 Å². The van der Waals surface area contributed by atoms with Crippen molar-refractivity contribution in [3.8, 4) is 0 Å². The van der Waals surface area contributed by atoms with Crippen LogP contribution in [-0.4, -0.2) is 16.6 Å². The van der Waals surface area contributed by atoms with Crippen molar-refractivity contribution in [2.45, 2.75) is 6.42 Å². The predicted octanol–water partition coefficient (Wildman–Crippen LogP) is 1.57. The molecule has 0 fully saturated rings. The van der Waals surface area contributed by atoms with E-state index in [1.165, 1.54) is 12.3 Å². The van der Waals surface area contributed by atoms with Crippen molar-refractivity contribution >= 4 is 17.4 Å². The molecule has 4 heteroatoms. The van der Waals surface area contributed by atoms with Crippen LogP contribution in [0.3, 0.4) is 0 Å². The summed E-state index contributed by atoms with van der Waals surface area (Å²) in [7, 11) is 0. The monoisotopic (exact) mass is 187 g/mol. The molecule has 1 aromatic rings. The summed E-state index contributed by atoms with van der Waals surface area (Å²) in [6, 6.07) is 1.47. The van der Waals surface area contributed by atoms with Gasteiger partial charge in [0.05, 0.1) is 12.1 Å². The molecule has 12 heavy (non-hydrogen) atoms. The fourth-order valence-corrected chi connectivity index (χ4v) is 0.902. The van der Waals surface area contributed by atoms with Crippen LogP contribution in [0.25, 0.3) is 0 Å². The highest BCUT2D eigenvalue weighted by Gasteiger charge is 2.05. The Bertz CT molecular complexity index is 290. The van der Waals surface area contributed by atoms with Crippen molar-refractivity contribution < 1.29 is 9.18 Å². The number of halogens is 2. The summed E-state index contributed by atoms with van der Waals surface area (Å²) in [4.78, 5) is 14.4. The van der Waals surface area contributed by atoms with Gasteiger partial charge in [-0.15, -0.1) is 11.6 Å². The lowest BCUT2D eigenvalue weighted by Gasteiger charge is -1.98. The quantitative estimate of drug-likeness (QED) is 0.673. The number of Topliss-reactive ketones (excluding diaryl/α,β-unsaturated/α-hetero) is 1. The van der Waals surface area contributed by atoms with E-state index in [4.69, 9.17) is 11.6 Å². The molecule has 64 valence electrons. The third kappa shape index (κ3) is 2.27. The van der Waals surface area contributed by atoms with Crippen LogP contribution in [0, 0.1) is 5.82 Å². The molecular weight excluding hydrogens is 181 g/mol. The molecule has 0 saturated heterocycles. The van der Waals surface area contributed by atoms with Crippen LogP contribution in [-0.2, 0) is 11.2 Å². The molecule has 0 bridgehead atoms. The van der Waals surface area contributed by atoms with Gasteiger partial charge in [0.15, 0.2) is 5.78 Å². The van der Waals surface area contributed by atoms with Crippen molar-refractivity contribution in [2.24, 2.45) is 0 Å². The lowest BCUT2D eigenvalue weighted by molar-refractivity contribution is -0.116. The minimum atomic E-state index is -0.462. The van der Waals surface area contributed by atoms with Crippen LogP contribution < -0.4 is 0 Å². The molecule has 0 aliphatic heterocycles. The van der Waals surface area contributed by atoms with Crippen LogP contribution in [0.15, 0.2) is 18.5 Å². The van der Waals surface area contributed by atoms with Crippen LogP contribution in [0.5, 0.6) is 0 Å². The number of carbonyl (C=O) groups excluding carboxylic acids is 1. The normalized spacial score (nSPS) is 9.83. The Kier molecular flexibility index (Phi) is 3.17. The minimum Gasteiger partial charge on any atom is -0.298 e. The van der Waals surface area contributed by atoms with E-state index in [1.807, 2.05) is 0 Å². The summed E-state index contributed by atoms with van der Waals surface area (Å²) in [5, 5.41) is 0. The van der Waals surface area contributed by atoms with E-state index in [0.717, 1.165) is 6.20 Å². The fourth-order valence-electron chi connectivity index (χ4n) is 0.807. The highest BCUT2D eigenvalue weighted by atomic mass is 35.5. The average Bonchev–Trinajstić information content (AvgIpc) is 2.09. The van der Waals surface area contributed by atoms with Crippen molar-refractivity contribution in [3.05, 3.63) is 29.8 Å². The Morgan fingerprint density at radius 1 is 1.67 bits per heavy atom. The molecule has 0 N–H and O–H groups in total. The topological polar surface area (TPSA) is 30.0 Å². The summed E-state index contributed by atoms with van der Waals surface area (Å²) in [5.74, 6) is -0.736. The molecule has 0 unspecified atom stereocenters. The molecular formula is C8H7ClFNO. The molecule has 0 atom stereocenters. The number of pyridine rings is 1. The highest BCUT2D eigenvalue weighted by molar-refractivity contribution is 6.27. The van der Waals surface area contributed by atoms with Crippen molar-refractivity contribution in [3.63, 3.8) is 0 Å². The van der Waals surface area contributed by atoms with Gasteiger partial charge in [-0.2, -0.15) is 0 Å². The lowest BCUT2D eigenvalue weighted by atomic mass is 10.1. The van der Waals surface area contributed by atoms with E-state index in [9.17, 15) is 9.18 Å². The third-order valence-electron chi connectivity index (χ3n) is 1.39. The van der Waals surface area contributed by atoms with Crippen LogP contribution in [0.1, 0.15) is 5.56 Å². The first-order valence-electron chi connectivity index (χ1n) is 3.40. The van der Waals surface area contributed by atoms with Crippen LogP contribution in [0.2, 0.25) is 0 Å². The maximum atomic E-state index is 12.8. The molecule has 0 saturated carbocycles. The smallest absolute Gasteiger partial charge is 0.152 e. The molecule has 0 aliphatic carbocycles. The largest absolute Gasteiger partial charge is 0.298 e. The Hall–Kier alpha value is -0.960. The molecule has 1 aromatic heterocycles. The first-order valence-corrected chi connectivity index (χ1v) is 3.93. The summed E-state index contributed by atoms with van der Waals surface area (Å²) in [6.45, 7) is 0. The summed E-state index contributed by atoms with van der Waals surface area (Å²) in [5.41, 5.74) is 0.343. The van der Waals surface area contributed by atoms with Crippen molar-refractivity contribution in [2.75, 3.05) is 5.88 Å². The number of nitrogens with zero attached hydrogens (tertiary/aromatic N) is 1. The maximum Gasteiger partial charge on any atom is 0.152 e. The van der Waals surface area contributed by atoms with E-state index in [0.29, 0.717) is 5.56 Å². The second-order valence-electron chi connectivity index (χ2n) is 2.32. The molecule has 0 amide bonds. The van der Waals surface area contributed by atoms with Gasteiger partial charge in [-0.3, -0.25) is 9.78 Å². The maximum absolute atomic E-state index is 12.8. The van der Waals surface area contributed by atoms with Gasteiger partial charge in [-0.05, 0) is 11.6 Å². The van der Waals surface area contributed by atoms with Crippen LogP contribution in [0.4, 0.5) is 4.39 Å². The standard InChI is InChI=1S/C8H7ClFNO/c9-4-7(12)3-6-1-2-11-5-8(6)10/h1-2,5H,3-4H2. The number of hydrogen-bond acceptors (Lipinski definition) is 2. The molecule has 1 heterocycles. The summed E-state index contributed by atoms with van der Waals surface area (Å²) in [6.07, 6.45) is 2.56. The zero-order chi connectivity index (χ0) is 8.97. The number of carbonyl (C=O) groups is 1. The Morgan fingerprint density at radius 3 is 3.00 bits per heavy atom. The number of aromatic nitrogens is 1. The molecule has 0 radical (unpaired) electrons. The van der Waals surface area contributed by atoms with E-state index in [1.54, 1.807) is 0 Å². The van der Waals surface area contributed by atoms with Gasteiger partial charge < -0.3 is 0 Å². The number of alkyl halides is 1. The molecule has 0 aliphatic rings. The van der Waals surface area contributed by atoms with Crippen LogP contribution >= 0.6 is 11.6 Å². The summed E-state index contributed by atoms with van der Waals surface area (Å²) < 4.78 is 12.8. The fraction of sp³-hybridized carbons (Fsp3) is 0.250. The van der Waals surface area contributed by atoms with Gasteiger partial charge in [0.2, 0.25) is 0 Å².